The topological polar surface area (TPSA) is 64.0 Å². The van der Waals surface area contributed by atoms with Gasteiger partial charge in [-0.15, -0.1) is 0 Å². The Morgan fingerprint density at radius 3 is 2.56 bits per heavy atom. The first-order valence-electron chi connectivity index (χ1n) is 9.29. The summed E-state index contributed by atoms with van der Waals surface area (Å²) >= 11 is 0. The van der Waals surface area contributed by atoms with E-state index in [0.717, 1.165) is 17.4 Å². The first kappa shape index (κ1) is 18.8. The van der Waals surface area contributed by atoms with Crippen molar-refractivity contribution >= 4 is 16.7 Å². The van der Waals surface area contributed by atoms with E-state index < -0.39 is 0 Å². The number of amides is 1. The van der Waals surface area contributed by atoms with Gasteiger partial charge < -0.3 is 5.32 Å². The van der Waals surface area contributed by atoms with Crippen LogP contribution in [-0.4, -0.2) is 21.7 Å². The Labute approximate surface area is 159 Å². The summed E-state index contributed by atoms with van der Waals surface area (Å²) in [6, 6.07) is 14.8. The fourth-order valence-electron chi connectivity index (χ4n) is 3.22. The predicted molar refractivity (Wildman–Crippen MR) is 108 cm³/mol. The second kappa shape index (κ2) is 8.16. The van der Waals surface area contributed by atoms with Crippen LogP contribution in [0.3, 0.4) is 0 Å². The van der Waals surface area contributed by atoms with Gasteiger partial charge in [-0.3, -0.25) is 9.59 Å². The molecule has 0 aliphatic carbocycles. The van der Waals surface area contributed by atoms with Gasteiger partial charge in [-0.2, -0.15) is 5.10 Å². The summed E-state index contributed by atoms with van der Waals surface area (Å²) in [6.45, 7) is 6.47. The Morgan fingerprint density at radius 1 is 1.07 bits per heavy atom. The molecule has 0 saturated carbocycles. The molecule has 0 radical (unpaired) electrons. The summed E-state index contributed by atoms with van der Waals surface area (Å²) < 4.78 is 1.41. The summed E-state index contributed by atoms with van der Waals surface area (Å²) in [5, 5.41) is 8.68. The van der Waals surface area contributed by atoms with E-state index in [0.29, 0.717) is 23.4 Å². The van der Waals surface area contributed by atoms with Crippen molar-refractivity contribution in [3.8, 4) is 0 Å². The molecule has 2 aromatic carbocycles. The predicted octanol–water partition coefficient (Wildman–Crippen LogP) is 3.41. The fraction of sp³-hybridized carbons (Fsp3) is 0.318. The number of nitrogens with one attached hydrogen (secondary N) is 1. The monoisotopic (exact) mass is 363 g/mol. The molecule has 1 N–H and O–H groups in total. The fourth-order valence-corrected chi connectivity index (χ4v) is 3.22. The molecule has 1 heterocycles. The lowest BCUT2D eigenvalue weighted by molar-refractivity contribution is 0.0934. The Hall–Kier alpha value is -2.95. The number of rotatable bonds is 6. The van der Waals surface area contributed by atoms with Gasteiger partial charge in [-0.25, -0.2) is 4.68 Å². The van der Waals surface area contributed by atoms with Crippen LogP contribution in [0.1, 0.15) is 36.7 Å². The Bertz CT molecular complexity index is 1010. The SMILES string of the molecule is CC(C)Cc1ccccc1C(=O)N[C@@H](C)Cn1ncc2ccccc2c1=O. The second-order valence-corrected chi connectivity index (χ2v) is 7.35. The molecule has 0 aliphatic rings. The van der Waals surface area contributed by atoms with Crippen LogP contribution in [0.25, 0.3) is 10.8 Å². The van der Waals surface area contributed by atoms with E-state index in [1.165, 1.54) is 4.68 Å². The Balaban J connectivity index is 1.75. The van der Waals surface area contributed by atoms with Gasteiger partial charge in [0.15, 0.2) is 0 Å². The van der Waals surface area contributed by atoms with Gasteiger partial charge in [-0.1, -0.05) is 50.2 Å². The molecule has 140 valence electrons. The third kappa shape index (κ3) is 4.42. The molecule has 3 rings (SSSR count). The molecule has 0 fully saturated rings. The maximum Gasteiger partial charge on any atom is 0.274 e. The number of carbonyl (C=O) groups excluding carboxylic acids is 1. The molecule has 0 aliphatic heterocycles. The third-order valence-corrected chi connectivity index (χ3v) is 4.48. The lowest BCUT2D eigenvalue weighted by Gasteiger charge is -2.17. The number of nitrogens with zero attached hydrogens (tertiary/aromatic N) is 2. The molecule has 27 heavy (non-hydrogen) atoms. The molecule has 1 amide bonds. The zero-order valence-electron chi connectivity index (χ0n) is 16.0. The average Bonchev–Trinajstić information content (AvgIpc) is 2.64. The van der Waals surface area contributed by atoms with E-state index >= 15 is 0 Å². The summed E-state index contributed by atoms with van der Waals surface area (Å²) in [5.41, 5.74) is 1.59. The van der Waals surface area contributed by atoms with Crippen LogP contribution in [0.15, 0.2) is 59.5 Å². The van der Waals surface area contributed by atoms with Crippen molar-refractivity contribution < 1.29 is 4.79 Å². The maximum atomic E-state index is 12.7. The van der Waals surface area contributed by atoms with E-state index in [1.807, 2.05) is 49.4 Å². The van der Waals surface area contributed by atoms with Crippen LogP contribution < -0.4 is 10.9 Å². The largest absolute Gasteiger partial charge is 0.348 e. The highest BCUT2D eigenvalue weighted by Gasteiger charge is 2.15. The zero-order chi connectivity index (χ0) is 19.4. The molecule has 1 aromatic heterocycles. The Kier molecular flexibility index (Phi) is 5.69. The molecule has 0 unspecified atom stereocenters. The van der Waals surface area contributed by atoms with Crippen molar-refractivity contribution in [2.45, 2.75) is 39.8 Å². The summed E-state index contributed by atoms with van der Waals surface area (Å²) in [5.74, 6) is 0.351. The minimum Gasteiger partial charge on any atom is -0.348 e. The van der Waals surface area contributed by atoms with Crippen molar-refractivity contribution in [1.29, 1.82) is 0 Å². The minimum atomic E-state index is -0.226. The number of fused-ring (bicyclic) bond motifs is 1. The molecular weight excluding hydrogens is 338 g/mol. The first-order chi connectivity index (χ1) is 13.0. The number of benzene rings is 2. The smallest absolute Gasteiger partial charge is 0.274 e. The molecular formula is C22H25N3O2. The maximum absolute atomic E-state index is 12.7. The Morgan fingerprint density at radius 2 is 1.78 bits per heavy atom. The van der Waals surface area contributed by atoms with E-state index in [-0.39, 0.29) is 17.5 Å². The second-order valence-electron chi connectivity index (χ2n) is 7.35. The van der Waals surface area contributed by atoms with Crippen molar-refractivity contribution in [2.24, 2.45) is 5.92 Å². The van der Waals surface area contributed by atoms with Crippen LogP contribution >= 0.6 is 0 Å². The number of carbonyl (C=O) groups is 1. The standard InChI is InChI=1S/C22H25N3O2/c1-15(2)12-17-8-4-6-10-19(17)21(26)24-16(3)14-25-22(27)20-11-7-5-9-18(20)13-23-25/h4-11,13,15-16H,12,14H2,1-3H3,(H,24,26)/t16-/m0/s1. The van der Waals surface area contributed by atoms with Gasteiger partial charge in [0.2, 0.25) is 0 Å². The minimum absolute atomic E-state index is 0.118. The summed E-state index contributed by atoms with van der Waals surface area (Å²) in [6.07, 6.45) is 2.53. The highest BCUT2D eigenvalue weighted by Crippen LogP contribution is 2.14. The van der Waals surface area contributed by atoms with E-state index in [1.54, 1.807) is 12.3 Å². The number of aromatic nitrogens is 2. The van der Waals surface area contributed by atoms with Crippen LogP contribution in [-0.2, 0) is 13.0 Å². The van der Waals surface area contributed by atoms with Gasteiger partial charge in [-0.05, 0) is 37.0 Å². The van der Waals surface area contributed by atoms with Crippen LogP contribution in [0.5, 0.6) is 0 Å². The van der Waals surface area contributed by atoms with Crippen molar-refractivity contribution in [1.82, 2.24) is 15.1 Å². The van der Waals surface area contributed by atoms with Gasteiger partial charge in [0.1, 0.15) is 0 Å². The van der Waals surface area contributed by atoms with E-state index in [9.17, 15) is 9.59 Å². The quantitative estimate of drug-likeness (QED) is 0.730. The molecule has 3 aromatic rings. The lowest BCUT2D eigenvalue weighted by atomic mass is 9.97. The van der Waals surface area contributed by atoms with Gasteiger partial charge in [0, 0.05) is 17.0 Å². The number of hydrogen-bond acceptors (Lipinski definition) is 3. The van der Waals surface area contributed by atoms with Crippen molar-refractivity contribution in [3.05, 3.63) is 76.2 Å². The lowest BCUT2D eigenvalue weighted by Crippen LogP contribution is -2.39. The normalized spacial score (nSPS) is 12.3. The van der Waals surface area contributed by atoms with Crippen LogP contribution in [0.2, 0.25) is 0 Å². The highest BCUT2D eigenvalue weighted by molar-refractivity contribution is 5.95. The van der Waals surface area contributed by atoms with Crippen molar-refractivity contribution in [2.75, 3.05) is 0 Å². The van der Waals surface area contributed by atoms with Gasteiger partial charge in [0.05, 0.1) is 18.1 Å². The van der Waals surface area contributed by atoms with Gasteiger partial charge >= 0.3 is 0 Å². The first-order valence-corrected chi connectivity index (χ1v) is 9.29. The third-order valence-electron chi connectivity index (χ3n) is 4.48. The number of hydrogen-bond donors (Lipinski definition) is 1. The molecule has 1 atom stereocenters. The summed E-state index contributed by atoms with van der Waals surface area (Å²) in [7, 11) is 0. The molecule has 0 bridgehead atoms. The highest BCUT2D eigenvalue weighted by atomic mass is 16.2. The van der Waals surface area contributed by atoms with E-state index in [2.05, 4.69) is 24.3 Å². The average molecular weight is 363 g/mol. The van der Waals surface area contributed by atoms with Crippen LogP contribution in [0, 0.1) is 5.92 Å². The van der Waals surface area contributed by atoms with Crippen LogP contribution in [0.4, 0.5) is 0 Å². The molecule has 0 saturated heterocycles. The molecule has 5 nitrogen and oxygen atoms in total. The zero-order valence-corrected chi connectivity index (χ0v) is 16.0. The van der Waals surface area contributed by atoms with Gasteiger partial charge in [0.25, 0.3) is 11.5 Å². The molecule has 0 spiro atoms. The van der Waals surface area contributed by atoms with Crippen molar-refractivity contribution in [3.63, 3.8) is 0 Å². The summed E-state index contributed by atoms with van der Waals surface area (Å²) in [4.78, 5) is 25.3. The van der Waals surface area contributed by atoms with E-state index in [4.69, 9.17) is 0 Å². The molecule has 5 heteroatoms.